The molecular formula is C42H34Cl2N4Zr. The van der Waals surface area contributed by atoms with Crippen LogP contribution in [0.25, 0.3) is 57.2 Å². The maximum Gasteiger partial charge on any atom is -1.00 e. The number of aromatic nitrogens is 4. The average Bonchev–Trinajstić information content (AvgIpc) is 3.71. The van der Waals surface area contributed by atoms with Crippen LogP contribution < -0.4 is 24.8 Å². The summed E-state index contributed by atoms with van der Waals surface area (Å²) in [5, 5.41) is 0. The van der Waals surface area contributed by atoms with E-state index in [1.54, 1.807) is 0 Å². The third-order valence-electron chi connectivity index (χ3n) is 10.5. The van der Waals surface area contributed by atoms with E-state index < -0.39 is 20.3 Å². The van der Waals surface area contributed by atoms with Gasteiger partial charge in [-0.2, -0.15) is 0 Å². The van der Waals surface area contributed by atoms with Gasteiger partial charge in [0.25, 0.3) is 0 Å². The van der Waals surface area contributed by atoms with E-state index in [2.05, 4.69) is 98.8 Å². The van der Waals surface area contributed by atoms with Crippen LogP contribution in [0.5, 0.6) is 0 Å². The topological polar surface area (TPSA) is 51.6 Å². The first kappa shape index (κ1) is 33.5. The standard InChI is InChI=1S/2C20H15N2.C2H4.2ClH.Zr/c2*1-14-10-15-12-16(19-6-2-4-8-21-19)13-18(17(15)11-14)20-7-3-5-9-22-20;1-2;;;/h2*2-13H,1H3;1-2H2;2*1H;/q;;;;;+2/p-2. The largest absolute Gasteiger partial charge is 1.00 e. The third-order valence-corrected chi connectivity index (χ3v) is 24.0. The molecule has 5 heterocycles. The second-order valence-electron chi connectivity index (χ2n) is 13.3. The molecule has 2 atom stereocenters. The van der Waals surface area contributed by atoms with Crippen molar-refractivity contribution in [3.8, 4) is 45.0 Å². The Balaban J connectivity index is 0.00000189. The van der Waals surface area contributed by atoms with E-state index in [0.29, 0.717) is 7.25 Å². The van der Waals surface area contributed by atoms with Gasteiger partial charge >= 0.3 is 282 Å². The number of fused-ring (bicyclic) bond motifs is 2. The second kappa shape index (κ2) is 13.4. The summed E-state index contributed by atoms with van der Waals surface area (Å²) in [6, 6.07) is 34.4. The first-order valence-electron chi connectivity index (χ1n) is 16.5. The Bertz CT molecular complexity index is 2060. The fourth-order valence-corrected chi connectivity index (χ4v) is 26.2. The predicted octanol–water partition coefficient (Wildman–Crippen LogP) is 4.56. The zero-order valence-corrected chi connectivity index (χ0v) is 31.3. The monoisotopic (exact) mass is 754 g/mol. The first-order valence-corrected chi connectivity index (χ1v) is 22.8. The summed E-state index contributed by atoms with van der Waals surface area (Å²) in [5.41, 5.74) is 17.6. The van der Waals surface area contributed by atoms with Crippen molar-refractivity contribution in [1.82, 2.24) is 19.9 Å². The molecule has 2 aliphatic carbocycles. The normalized spacial score (nSPS) is 17.3. The molecule has 240 valence electrons. The van der Waals surface area contributed by atoms with Crippen LogP contribution in [0.2, 0.25) is 8.26 Å². The Morgan fingerprint density at radius 3 is 1.18 bits per heavy atom. The van der Waals surface area contributed by atoms with Crippen molar-refractivity contribution in [2.45, 2.75) is 29.4 Å². The van der Waals surface area contributed by atoms with E-state index in [0.717, 1.165) is 22.8 Å². The molecule has 7 heteroatoms. The van der Waals surface area contributed by atoms with Gasteiger partial charge in [-0.1, -0.05) is 0 Å². The minimum Gasteiger partial charge on any atom is -1.00 e. The molecule has 4 nitrogen and oxygen atoms in total. The van der Waals surface area contributed by atoms with E-state index in [1.807, 2.05) is 49.1 Å². The number of nitrogens with zero attached hydrogens (tertiary/aromatic N) is 4. The van der Waals surface area contributed by atoms with E-state index in [1.165, 1.54) is 63.9 Å². The summed E-state index contributed by atoms with van der Waals surface area (Å²) in [5.74, 6) is 0. The Morgan fingerprint density at radius 2 is 0.857 bits per heavy atom. The molecule has 49 heavy (non-hydrogen) atoms. The molecule has 1 fully saturated rings. The average molecular weight is 757 g/mol. The number of hydrogen-bond acceptors (Lipinski definition) is 4. The zero-order chi connectivity index (χ0) is 31.5. The van der Waals surface area contributed by atoms with Crippen LogP contribution in [-0.2, 0) is 20.3 Å². The van der Waals surface area contributed by atoms with Crippen LogP contribution in [-0.4, -0.2) is 19.9 Å². The van der Waals surface area contributed by atoms with Crippen LogP contribution in [0.1, 0.15) is 43.4 Å². The predicted molar refractivity (Wildman–Crippen MR) is 188 cm³/mol. The number of rotatable bonds is 6. The van der Waals surface area contributed by atoms with Crippen LogP contribution >= 0.6 is 0 Å². The summed E-state index contributed by atoms with van der Waals surface area (Å²) >= 11 is -2.96. The fourth-order valence-electron chi connectivity index (χ4n) is 8.51. The Morgan fingerprint density at radius 1 is 0.490 bits per heavy atom. The molecule has 4 aromatic heterocycles. The van der Waals surface area contributed by atoms with Crippen molar-refractivity contribution in [2.24, 2.45) is 0 Å². The van der Waals surface area contributed by atoms with Crippen molar-refractivity contribution in [3.63, 3.8) is 0 Å². The molecule has 1 aliphatic heterocycles. The van der Waals surface area contributed by atoms with Gasteiger partial charge in [0.15, 0.2) is 0 Å². The number of hydrogen-bond donors (Lipinski definition) is 0. The van der Waals surface area contributed by atoms with Gasteiger partial charge in [0, 0.05) is 0 Å². The van der Waals surface area contributed by atoms with Crippen LogP contribution in [0, 0.1) is 0 Å². The van der Waals surface area contributed by atoms with Gasteiger partial charge in [0.1, 0.15) is 0 Å². The van der Waals surface area contributed by atoms with Gasteiger partial charge in [0.05, 0.1) is 0 Å². The molecule has 0 spiro atoms. The number of benzene rings is 2. The molecule has 0 N–H and O–H groups in total. The molecule has 0 saturated carbocycles. The summed E-state index contributed by atoms with van der Waals surface area (Å²) < 4.78 is 3.78. The van der Waals surface area contributed by atoms with Gasteiger partial charge in [-0.3, -0.25) is 0 Å². The van der Waals surface area contributed by atoms with Crippen LogP contribution in [0.4, 0.5) is 0 Å². The van der Waals surface area contributed by atoms with Crippen LogP contribution in [0.15, 0.2) is 133 Å². The minimum absolute atomic E-state index is 0. The SMILES string of the molecule is CC1=Cc2c(-c3ccccn3)cc(-c3ccccn3)cc2[CH]1[Zr+2]1([CH]2C(C)=Cc3c(-c4ccccn4)cc(-c4ccccn4)cc32)[CH2][CH2]1.[Cl-].[Cl-]. The number of allylic oxidation sites excluding steroid dienone is 2. The van der Waals surface area contributed by atoms with E-state index in [4.69, 9.17) is 19.9 Å². The van der Waals surface area contributed by atoms with E-state index in [-0.39, 0.29) is 24.8 Å². The molecule has 9 rings (SSSR count). The van der Waals surface area contributed by atoms with E-state index in [9.17, 15) is 0 Å². The van der Waals surface area contributed by atoms with Gasteiger partial charge in [0.2, 0.25) is 0 Å². The Labute approximate surface area is 304 Å². The summed E-state index contributed by atoms with van der Waals surface area (Å²) in [4.78, 5) is 19.2. The van der Waals surface area contributed by atoms with E-state index >= 15 is 0 Å². The van der Waals surface area contributed by atoms with Crippen molar-refractivity contribution in [3.05, 3.63) is 155 Å². The Kier molecular flexibility index (Phi) is 9.13. The van der Waals surface area contributed by atoms with Crippen molar-refractivity contribution in [2.75, 3.05) is 0 Å². The van der Waals surface area contributed by atoms with Crippen molar-refractivity contribution < 1.29 is 45.1 Å². The quantitative estimate of drug-likeness (QED) is 0.250. The fraction of sp³-hybridized carbons (Fsp3) is 0.143. The van der Waals surface area contributed by atoms with Gasteiger partial charge in [-0.05, 0) is 0 Å². The number of pyridine rings is 4. The Hall–Kier alpha value is -4.02. The van der Waals surface area contributed by atoms with Crippen molar-refractivity contribution in [1.29, 1.82) is 0 Å². The maximum absolute atomic E-state index is 4.83. The van der Waals surface area contributed by atoms with Crippen LogP contribution in [0.3, 0.4) is 0 Å². The smallest absolute Gasteiger partial charge is 1.00 e. The van der Waals surface area contributed by atoms with Crippen molar-refractivity contribution >= 4 is 12.2 Å². The van der Waals surface area contributed by atoms with Gasteiger partial charge < -0.3 is 24.8 Å². The summed E-state index contributed by atoms with van der Waals surface area (Å²) in [7, 11) is 0. The summed E-state index contributed by atoms with van der Waals surface area (Å²) in [6.07, 6.45) is 12.6. The third kappa shape index (κ3) is 5.66. The molecular weight excluding hydrogens is 723 g/mol. The summed E-state index contributed by atoms with van der Waals surface area (Å²) in [6.45, 7) is 4.78. The molecule has 2 aromatic carbocycles. The zero-order valence-electron chi connectivity index (χ0n) is 27.3. The molecule has 0 radical (unpaired) electrons. The van der Waals surface area contributed by atoms with Gasteiger partial charge in [-0.15, -0.1) is 0 Å². The molecule has 0 amide bonds. The molecule has 0 bridgehead atoms. The van der Waals surface area contributed by atoms with Gasteiger partial charge in [-0.25, -0.2) is 0 Å². The molecule has 1 saturated heterocycles. The number of halogens is 2. The maximum atomic E-state index is 4.83. The minimum atomic E-state index is -2.96. The second-order valence-corrected chi connectivity index (χ2v) is 24.6. The molecule has 3 aliphatic rings. The first-order chi connectivity index (χ1) is 23.1. The molecule has 6 aromatic rings. The molecule has 2 unspecified atom stereocenters.